The number of hydrogen-bond donors (Lipinski definition) is 2. The molecular formula is C25H30N2O7. The number of ether oxygens (including phenoxy) is 4. The number of rotatable bonds is 9. The molecule has 0 saturated carbocycles. The van der Waals surface area contributed by atoms with Crippen LogP contribution in [0.25, 0.3) is 0 Å². The zero-order valence-corrected chi connectivity index (χ0v) is 19.6. The molecule has 1 unspecified atom stereocenters. The van der Waals surface area contributed by atoms with Crippen LogP contribution in [0.1, 0.15) is 36.4 Å². The molecule has 2 aliphatic rings. The Bertz CT molecular complexity index is 1060. The van der Waals surface area contributed by atoms with Crippen LogP contribution >= 0.6 is 0 Å². The van der Waals surface area contributed by atoms with Crippen LogP contribution in [0.4, 0.5) is 0 Å². The quantitative estimate of drug-likeness (QED) is 0.576. The van der Waals surface area contributed by atoms with E-state index in [1.807, 2.05) is 30.0 Å². The fourth-order valence-corrected chi connectivity index (χ4v) is 4.81. The van der Waals surface area contributed by atoms with Crippen LogP contribution in [-0.4, -0.2) is 62.5 Å². The molecule has 2 N–H and O–H groups in total. The van der Waals surface area contributed by atoms with Gasteiger partial charge in [-0.25, -0.2) is 0 Å². The average Bonchev–Trinajstić information content (AvgIpc) is 3.46. The zero-order chi connectivity index (χ0) is 24.2. The molecule has 1 fully saturated rings. The summed E-state index contributed by atoms with van der Waals surface area (Å²) in [5.74, 6) is 0.0734. The number of nitrogens with zero attached hydrogens (tertiary/aromatic N) is 1. The van der Waals surface area contributed by atoms with Crippen LogP contribution in [0.15, 0.2) is 36.4 Å². The number of carboxylic acids is 1. The molecule has 34 heavy (non-hydrogen) atoms. The van der Waals surface area contributed by atoms with E-state index in [9.17, 15) is 14.7 Å². The number of likely N-dealkylation sites (tertiary alicyclic amines) is 1. The number of nitrogens with one attached hydrogen (secondary N) is 1. The molecule has 3 atom stereocenters. The Morgan fingerprint density at radius 2 is 1.91 bits per heavy atom. The molecule has 0 aromatic heterocycles. The SMILES string of the molecule is CCCNC(=O)CN1CC(c2ccc3c(c2)OCO3)[C@H](C(=O)O)[C@H]1c1ccc(OC)cc1OC. The molecule has 9 nitrogen and oxygen atoms in total. The van der Waals surface area contributed by atoms with E-state index in [1.165, 1.54) is 7.11 Å². The third-order valence-corrected chi connectivity index (χ3v) is 6.39. The highest BCUT2D eigenvalue weighted by molar-refractivity contribution is 5.79. The molecule has 2 aromatic carbocycles. The highest BCUT2D eigenvalue weighted by Gasteiger charge is 2.49. The Balaban J connectivity index is 1.75. The summed E-state index contributed by atoms with van der Waals surface area (Å²) in [6.07, 6.45) is 0.818. The van der Waals surface area contributed by atoms with Gasteiger partial charge in [0.2, 0.25) is 12.7 Å². The lowest BCUT2D eigenvalue weighted by Crippen LogP contribution is -2.38. The average molecular weight is 471 g/mol. The molecule has 0 bridgehead atoms. The first kappa shape index (κ1) is 23.7. The highest BCUT2D eigenvalue weighted by atomic mass is 16.7. The van der Waals surface area contributed by atoms with E-state index < -0.39 is 17.9 Å². The Hall–Kier alpha value is -3.46. The van der Waals surface area contributed by atoms with Crippen molar-refractivity contribution in [2.45, 2.75) is 25.3 Å². The Morgan fingerprint density at radius 3 is 2.62 bits per heavy atom. The number of amides is 1. The third-order valence-electron chi connectivity index (χ3n) is 6.39. The minimum atomic E-state index is -0.943. The lowest BCUT2D eigenvalue weighted by molar-refractivity contribution is -0.143. The summed E-state index contributed by atoms with van der Waals surface area (Å²) < 4.78 is 21.9. The van der Waals surface area contributed by atoms with Crippen molar-refractivity contribution in [1.29, 1.82) is 0 Å². The van der Waals surface area contributed by atoms with Gasteiger partial charge in [-0.15, -0.1) is 0 Å². The number of hydrogen-bond acceptors (Lipinski definition) is 7. The Kier molecular flexibility index (Phi) is 7.12. The number of carbonyl (C=O) groups is 2. The summed E-state index contributed by atoms with van der Waals surface area (Å²) in [5.41, 5.74) is 1.52. The van der Waals surface area contributed by atoms with Crippen molar-refractivity contribution in [1.82, 2.24) is 10.2 Å². The monoisotopic (exact) mass is 470 g/mol. The summed E-state index contributed by atoms with van der Waals surface area (Å²) in [6.45, 7) is 3.15. The number of fused-ring (bicyclic) bond motifs is 1. The predicted molar refractivity (Wildman–Crippen MR) is 124 cm³/mol. The minimum absolute atomic E-state index is 0.0741. The van der Waals surface area contributed by atoms with Gasteiger partial charge in [0.05, 0.1) is 32.7 Å². The Labute approximate surface area is 198 Å². The van der Waals surface area contributed by atoms with E-state index in [2.05, 4.69) is 5.32 Å². The lowest BCUT2D eigenvalue weighted by Gasteiger charge is -2.28. The van der Waals surface area contributed by atoms with Gasteiger partial charge in [-0.3, -0.25) is 14.5 Å². The highest BCUT2D eigenvalue weighted by Crippen LogP contribution is 2.49. The first-order valence-electron chi connectivity index (χ1n) is 11.3. The van der Waals surface area contributed by atoms with Crippen molar-refractivity contribution in [3.8, 4) is 23.0 Å². The van der Waals surface area contributed by atoms with Crippen LogP contribution in [0.3, 0.4) is 0 Å². The Morgan fingerprint density at radius 1 is 1.12 bits per heavy atom. The van der Waals surface area contributed by atoms with Crippen LogP contribution in [0.2, 0.25) is 0 Å². The first-order valence-corrected chi connectivity index (χ1v) is 11.3. The smallest absolute Gasteiger partial charge is 0.309 e. The molecule has 0 aliphatic carbocycles. The summed E-state index contributed by atoms with van der Waals surface area (Å²) in [7, 11) is 3.10. The minimum Gasteiger partial charge on any atom is -0.497 e. The van der Waals surface area contributed by atoms with E-state index in [-0.39, 0.29) is 25.2 Å². The summed E-state index contributed by atoms with van der Waals surface area (Å²) in [4.78, 5) is 27.3. The van der Waals surface area contributed by atoms with Gasteiger partial charge < -0.3 is 29.4 Å². The number of aliphatic carboxylic acids is 1. The first-order chi connectivity index (χ1) is 16.5. The van der Waals surface area contributed by atoms with E-state index in [1.54, 1.807) is 25.3 Å². The van der Waals surface area contributed by atoms with Gasteiger partial charge in [0, 0.05) is 30.6 Å². The van der Waals surface area contributed by atoms with E-state index in [4.69, 9.17) is 18.9 Å². The summed E-state index contributed by atoms with van der Waals surface area (Å²) in [5, 5.41) is 13.3. The van der Waals surface area contributed by atoms with Gasteiger partial charge in [-0.1, -0.05) is 19.1 Å². The van der Waals surface area contributed by atoms with Gasteiger partial charge in [0.15, 0.2) is 11.5 Å². The molecule has 182 valence electrons. The third kappa shape index (κ3) is 4.61. The largest absolute Gasteiger partial charge is 0.497 e. The van der Waals surface area contributed by atoms with E-state index >= 15 is 0 Å². The molecule has 2 aliphatic heterocycles. The topological polar surface area (TPSA) is 107 Å². The molecule has 9 heteroatoms. The second kappa shape index (κ2) is 10.2. The van der Waals surface area contributed by atoms with Crippen molar-refractivity contribution >= 4 is 11.9 Å². The number of carboxylic acid groups (broad SMARTS) is 1. The summed E-state index contributed by atoms with van der Waals surface area (Å²) >= 11 is 0. The predicted octanol–water partition coefficient (Wildman–Crippen LogP) is 2.80. The van der Waals surface area contributed by atoms with Crippen LogP contribution < -0.4 is 24.3 Å². The van der Waals surface area contributed by atoms with Crippen molar-refractivity contribution in [2.24, 2.45) is 5.92 Å². The van der Waals surface area contributed by atoms with Crippen molar-refractivity contribution in [3.05, 3.63) is 47.5 Å². The van der Waals surface area contributed by atoms with Crippen molar-refractivity contribution < 1.29 is 33.6 Å². The van der Waals surface area contributed by atoms with Gasteiger partial charge in [0.1, 0.15) is 11.5 Å². The fraction of sp³-hybridized carbons (Fsp3) is 0.440. The fourth-order valence-electron chi connectivity index (χ4n) is 4.81. The van der Waals surface area contributed by atoms with Crippen LogP contribution in [0.5, 0.6) is 23.0 Å². The van der Waals surface area contributed by atoms with Gasteiger partial charge in [-0.2, -0.15) is 0 Å². The lowest BCUT2D eigenvalue weighted by atomic mass is 9.82. The normalized spacial score (nSPS) is 21.3. The number of carbonyl (C=O) groups excluding carboxylic acids is 1. The maximum atomic E-state index is 12.7. The molecule has 1 amide bonds. The maximum Gasteiger partial charge on any atom is 0.309 e. The summed E-state index contributed by atoms with van der Waals surface area (Å²) in [6, 6.07) is 10.3. The van der Waals surface area contributed by atoms with Crippen LogP contribution in [-0.2, 0) is 9.59 Å². The van der Waals surface area contributed by atoms with Gasteiger partial charge >= 0.3 is 5.97 Å². The maximum absolute atomic E-state index is 12.7. The van der Waals surface area contributed by atoms with E-state index in [0.717, 1.165) is 12.0 Å². The zero-order valence-electron chi connectivity index (χ0n) is 19.6. The molecule has 0 spiro atoms. The number of methoxy groups -OCH3 is 2. The van der Waals surface area contributed by atoms with Gasteiger partial charge in [-0.05, 0) is 30.2 Å². The molecule has 1 saturated heterocycles. The van der Waals surface area contributed by atoms with Crippen molar-refractivity contribution in [2.75, 3.05) is 40.6 Å². The second-order valence-electron chi connectivity index (χ2n) is 8.42. The van der Waals surface area contributed by atoms with Crippen molar-refractivity contribution in [3.63, 3.8) is 0 Å². The van der Waals surface area contributed by atoms with E-state index in [0.29, 0.717) is 41.7 Å². The number of benzene rings is 2. The molecular weight excluding hydrogens is 440 g/mol. The molecule has 0 radical (unpaired) electrons. The molecule has 4 rings (SSSR count). The molecule has 2 heterocycles. The molecule has 2 aromatic rings. The van der Waals surface area contributed by atoms with Gasteiger partial charge in [0.25, 0.3) is 0 Å². The standard InChI is InChI=1S/C25H30N2O7/c1-4-9-26-22(28)13-27-12-18(15-5-8-19-21(10-15)34-14-33-19)23(25(29)30)24(27)17-7-6-16(31-2)11-20(17)32-3/h5-8,10-11,18,23-24H,4,9,12-14H2,1-3H3,(H,26,28)(H,29,30)/t18?,23-,24+/m0/s1. The van der Waals surface area contributed by atoms with Crippen LogP contribution in [0, 0.1) is 5.92 Å². The second-order valence-corrected chi connectivity index (χ2v) is 8.42.